The highest BCUT2D eigenvalue weighted by Crippen LogP contribution is 2.47. The second kappa shape index (κ2) is 4.83. The van der Waals surface area contributed by atoms with Crippen LogP contribution in [0.25, 0.3) is 0 Å². The van der Waals surface area contributed by atoms with Crippen molar-refractivity contribution in [3.63, 3.8) is 0 Å². The van der Waals surface area contributed by atoms with Gasteiger partial charge in [0.15, 0.2) is 0 Å². The summed E-state index contributed by atoms with van der Waals surface area (Å²) < 4.78 is 11.1. The lowest BCUT2D eigenvalue weighted by atomic mass is 9.71. The molecule has 0 aromatic carbocycles. The summed E-state index contributed by atoms with van der Waals surface area (Å²) in [4.78, 5) is 1.02. The second-order valence-corrected chi connectivity index (χ2v) is 6.41. The smallest absolute Gasteiger partial charge is 0.129 e. The Hall–Kier alpha value is -0.580. The van der Waals surface area contributed by atoms with Gasteiger partial charge < -0.3 is 14.6 Å². The van der Waals surface area contributed by atoms with Crippen LogP contribution in [-0.4, -0.2) is 24.4 Å². The minimum absolute atomic E-state index is 0.102. The van der Waals surface area contributed by atoms with Crippen LogP contribution in [0.4, 0.5) is 0 Å². The third kappa shape index (κ3) is 2.17. The van der Waals surface area contributed by atoms with Crippen molar-refractivity contribution in [2.75, 3.05) is 13.7 Å². The van der Waals surface area contributed by atoms with Crippen LogP contribution in [0.1, 0.15) is 43.1 Å². The van der Waals surface area contributed by atoms with E-state index in [4.69, 9.17) is 9.47 Å². The van der Waals surface area contributed by atoms with E-state index in [-0.39, 0.29) is 11.7 Å². The lowest BCUT2D eigenvalue weighted by molar-refractivity contribution is -0.157. The Morgan fingerprint density at radius 3 is 3.00 bits per heavy atom. The molecule has 3 rings (SSSR count). The molecule has 2 unspecified atom stereocenters. The fraction of sp³-hybridized carbons (Fsp3) is 0.714. The molecule has 3 nitrogen and oxygen atoms in total. The summed E-state index contributed by atoms with van der Waals surface area (Å²) in [7, 11) is 1.66. The summed E-state index contributed by atoms with van der Waals surface area (Å²) in [6.07, 6.45) is 5.22. The van der Waals surface area contributed by atoms with E-state index < -0.39 is 0 Å². The van der Waals surface area contributed by atoms with Crippen molar-refractivity contribution in [3.05, 3.63) is 16.3 Å². The summed E-state index contributed by atoms with van der Waals surface area (Å²) in [5.74, 6) is 1.18. The number of rotatable bonds is 3. The first-order chi connectivity index (χ1) is 8.72. The van der Waals surface area contributed by atoms with Gasteiger partial charge >= 0.3 is 0 Å². The Morgan fingerprint density at radius 1 is 1.56 bits per heavy atom. The van der Waals surface area contributed by atoms with Crippen LogP contribution in [0.2, 0.25) is 0 Å². The van der Waals surface area contributed by atoms with Crippen molar-refractivity contribution in [1.82, 2.24) is 0 Å². The zero-order valence-electron chi connectivity index (χ0n) is 10.7. The Morgan fingerprint density at radius 2 is 2.39 bits per heavy atom. The zero-order chi connectivity index (χ0) is 12.6. The van der Waals surface area contributed by atoms with Gasteiger partial charge in [-0.05, 0) is 44.1 Å². The van der Waals surface area contributed by atoms with Gasteiger partial charge in [-0.1, -0.05) is 0 Å². The SMILES string of the molecule is COc1csc(C(O)C2CCOC3(CCC3)C2)c1. The topological polar surface area (TPSA) is 38.7 Å². The predicted molar refractivity (Wildman–Crippen MR) is 71.1 cm³/mol. The van der Waals surface area contributed by atoms with Gasteiger partial charge in [0.2, 0.25) is 0 Å². The van der Waals surface area contributed by atoms with Gasteiger partial charge in [-0.15, -0.1) is 11.3 Å². The van der Waals surface area contributed by atoms with Crippen molar-refractivity contribution in [2.24, 2.45) is 5.92 Å². The largest absolute Gasteiger partial charge is 0.496 e. The molecular formula is C14H20O3S. The normalized spacial score (nSPS) is 27.8. The van der Waals surface area contributed by atoms with Gasteiger partial charge in [0, 0.05) is 16.9 Å². The average Bonchev–Trinajstić information content (AvgIpc) is 2.85. The molecule has 1 saturated carbocycles. The number of hydrogen-bond donors (Lipinski definition) is 1. The van der Waals surface area contributed by atoms with Crippen LogP contribution in [-0.2, 0) is 4.74 Å². The van der Waals surface area contributed by atoms with Crippen molar-refractivity contribution >= 4 is 11.3 Å². The van der Waals surface area contributed by atoms with E-state index in [9.17, 15) is 5.11 Å². The first-order valence-corrected chi connectivity index (χ1v) is 7.55. The molecule has 0 bridgehead atoms. The molecule has 1 N–H and O–H groups in total. The molecule has 2 atom stereocenters. The molecule has 1 saturated heterocycles. The van der Waals surface area contributed by atoms with Gasteiger partial charge in [-0.3, -0.25) is 0 Å². The molecule has 18 heavy (non-hydrogen) atoms. The van der Waals surface area contributed by atoms with Gasteiger partial charge in [0.05, 0.1) is 18.8 Å². The molecule has 100 valence electrons. The lowest BCUT2D eigenvalue weighted by Gasteiger charge is -2.48. The fourth-order valence-electron chi connectivity index (χ4n) is 3.08. The maximum atomic E-state index is 10.5. The van der Waals surface area contributed by atoms with Crippen LogP contribution in [0.5, 0.6) is 5.75 Å². The van der Waals surface area contributed by atoms with E-state index in [2.05, 4.69) is 0 Å². The third-order valence-corrected chi connectivity index (χ3v) is 5.35. The highest BCUT2D eigenvalue weighted by Gasteiger charge is 2.44. The minimum Gasteiger partial charge on any atom is -0.496 e. The molecule has 0 radical (unpaired) electrons. The van der Waals surface area contributed by atoms with Crippen LogP contribution < -0.4 is 4.74 Å². The molecule has 1 spiro atoms. The van der Waals surface area contributed by atoms with Crippen LogP contribution in [0, 0.1) is 5.92 Å². The molecule has 1 aromatic rings. The van der Waals surface area contributed by atoms with Gasteiger partial charge in [0.25, 0.3) is 0 Å². The molecule has 0 amide bonds. The highest BCUT2D eigenvalue weighted by molar-refractivity contribution is 7.10. The molecule has 2 aliphatic rings. The molecule has 1 aromatic heterocycles. The van der Waals surface area contributed by atoms with Crippen molar-refractivity contribution in [1.29, 1.82) is 0 Å². The van der Waals surface area contributed by atoms with Crippen LogP contribution >= 0.6 is 11.3 Å². The molecule has 1 aliphatic carbocycles. The van der Waals surface area contributed by atoms with Crippen molar-refractivity contribution < 1.29 is 14.6 Å². The van der Waals surface area contributed by atoms with E-state index in [0.29, 0.717) is 5.92 Å². The fourth-order valence-corrected chi connectivity index (χ4v) is 4.02. The second-order valence-electron chi connectivity index (χ2n) is 5.47. The minimum atomic E-state index is -0.361. The third-order valence-electron chi connectivity index (χ3n) is 4.37. The number of hydrogen-bond acceptors (Lipinski definition) is 4. The highest BCUT2D eigenvalue weighted by atomic mass is 32.1. The summed E-state index contributed by atoms with van der Waals surface area (Å²) >= 11 is 1.59. The zero-order valence-corrected chi connectivity index (χ0v) is 11.5. The van der Waals surface area contributed by atoms with Gasteiger partial charge in [0.1, 0.15) is 5.75 Å². The predicted octanol–water partition coefficient (Wildman–Crippen LogP) is 3.14. The number of thiophene rings is 1. The standard InChI is InChI=1S/C14H20O3S/c1-16-11-7-12(18-9-11)13(15)10-3-6-17-14(8-10)4-2-5-14/h7,9-10,13,15H,2-6,8H2,1H3. The van der Waals surface area contributed by atoms with Gasteiger partial charge in [-0.2, -0.15) is 0 Å². The number of methoxy groups -OCH3 is 1. The maximum absolute atomic E-state index is 10.5. The monoisotopic (exact) mass is 268 g/mol. The lowest BCUT2D eigenvalue weighted by Crippen LogP contribution is -2.46. The Bertz CT molecular complexity index is 411. The van der Waals surface area contributed by atoms with Crippen molar-refractivity contribution in [2.45, 2.75) is 43.8 Å². The van der Waals surface area contributed by atoms with E-state index in [1.807, 2.05) is 11.4 Å². The molecule has 2 fully saturated rings. The number of ether oxygens (including phenoxy) is 2. The van der Waals surface area contributed by atoms with E-state index in [0.717, 1.165) is 30.1 Å². The Balaban J connectivity index is 1.69. The summed E-state index contributed by atoms with van der Waals surface area (Å²) in [5, 5.41) is 12.5. The number of aliphatic hydroxyl groups excluding tert-OH is 1. The van der Waals surface area contributed by atoms with E-state index in [1.165, 1.54) is 19.3 Å². The van der Waals surface area contributed by atoms with E-state index in [1.54, 1.807) is 18.4 Å². The Kier molecular flexibility index (Phi) is 3.34. The first kappa shape index (κ1) is 12.5. The quantitative estimate of drug-likeness (QED) is 0.915. The summed E-state index contributed by atoms with van der Waals surface area (Å²) in [5.41, 5.74) is 0.102. The van der Waals surface area contributed by atoms with Crippen LogP contribution in [0.15, 0.2) is 11.4 Å². The Labute approximate surface area is 112 Å². The van der Waals surface area contributed by atoms with Crippen molar-refractivity contribution in [3.8, 4) is 5.75 Å². The molecular weight excluding hydrogens is 248 g/mol. The van der Waals surface area contributed by atoms with Crippen LogP contribution in [0.3, 0.4) is 0 Å². The summed E-state index contributed by atoms with van der Waals surface area (Å²) in [6, 6.07) is 1.96. The molecule has 4 heteroatoms. The first-order valence-electron chi connectivity index (χ1n) is 6.67. The summed E-state index contributed by atoms with van der Waals surface area (Å²) in [6.45, 7) is 0.796. The van der Waals surface area contributed by atoms with Gasteiger partial charge in [-0.25, -0.2) is 0 Å². The average molecular weight is 268 g/mol. The maximum Gasteiger partial charge on any atom is 0.129 e. The van der Waals surface area contributed by atoms with E-state index >= 15 is 0 Å². The molecule has 1 aliphatic heterocycles. The molecule has 2 heterocycles. The number of aliphatic hydroxyl groups is 1.